The molecule has 0 radical (unpaired) electrons. The average Bonchev–Trinajstić information content (AvgIpc) is 3.66. The molecule has 8 nitrogen and oxygen atoms in total. The van der Waals surface area contributed by atoms with E-state index in [9.17, 15) is 9.36 Å². The molecule has 1 saturated carbocycles. The highest BCUT2D eigenvalue weighted by atomic mass is 31.2. The van der Waals surface area contributed by atoms with Crippen molar-refractivity contribution in [2.45, 2.75) is 25.8 Å². The smallest absolute Gasteiger partial charge is 0.325 e. The third-order valence-corrected chi connectivity index (χ3v) is 6.94. The Hall–Kier alpha value is -2.90. The molecule has 0 saturated heterocycles. The Morgan fingerprint density at radius 3 is 2.54 bits per heavy atom. The van der Waals surface area contributed by atoms with Crippen LogP contribution in [0, 0.1) is 5.92 Å². The number of rotatable bonds is 12. The lowest BCUT2D eigenvalue weighted by atomic mass is 10.0. The van der Waals surface area contributed by atoms with Crippen molar-refractivity contribution in [2.24, 2.45) is 5.92 Å². The van der Waals surface area contributed by atoms with Gasteiger partial charge in [0.15, 0.2) is 0 Å². The lowest BCUT2D eigenvalue weighted by molar-refractivity contribution is 0.102. The van der Waals surface area contributed by atoms with Crippen LogP contribution in [0.3, 0.4) is 0 Å². The first-order valence-electron chi connectivity index (χ1n) is 11.8. The fourth-order valence-corrected chi connectivity index (χ4v) is 4.44. The molecule has 0 aromatic heterocycles. The molecule has 5 N–H and O–H groups in total. The highest BCUT2D eigenvalue weighted by Crippen LogP contribution is 2.35. The van der Waals surface area contributed by atoms with E-state index in [0.717, 1.165) is 34.3 Å². The number of ether oxygens (including phenoxy) is 1. The summed E-state index contributed by atoms with van der Waals surface area (Å²) in [5.41, 5.74) is 3.23. The van der Waals surface area contributed by atoms with Crippen molar-refractivity contribution in [3.8, 4) is 5.75 Å². The molecular formula is C26H32N3O5P. The molecule has 3 aromatic carbocycles. The molecule has 35 heavy (non-hydrogen) atoms. The fraction of sp³-hybridized carbons (Fsp3) is 0.346. The van der Waals surface area contributed by atoms with E-state index < -0.39 is 7.60 Å². The Bertz CT molecular complexity index is 1220. The zero-order valence-corrected chi connectivity index (χ0v) is 20.7. The van der Waals surface area contributed by atoms with Gasteiger partial charge < -0.3 is 30.5 Å². The monoisotopic (exact) mass is 497 g/mol. The van der Waals surface area contributed by atoms with Crippen LogP contribution in [0.15, 0.2) is 54.6 Å². The summed E-state index contributed by atoms with van der Waals surface area (Å²) in [4.78, 5) is 30.9. The van der Waals surface area contributed by atoms with Gasteiger partial charge in [0.1, 0.15) is 5.75 Å². The molecule has 1 aliphatic carbocycles. The zero-order valence-electron chi connectivity index (χ0n) is 19.8. The number of carbonyl (C=O) groups excluding carboxylic acids is 1. The minimum Gasteiger partial charge on any atom is -0.497 e. The Kier molecular flexibility index (Phi) is 8.08. The predicted octanol–water partition coefficient (Wildman–Crippen LogP) is 4.58. The van der Waals surface area contributed by atoms with Crippen molar-refractivity contribution >= 4 is 35.7 Å². The molecule has 0 bridgehead atoms. The van der Waals surface area contributed by atoms with Gasteiger partial charge in [-0.1, -0.05) is 18.2 Å². The molecular weight excluding hydrogens is 465 g/mol. The van der Waals surface area contributed by atoms with Gasteiger partial charge in [-0.15, -0.1) is 0 Å². The number of fused-ring (bicyclic) bond motifs is 1. The summed E-state index contributed by atoms with van der Waals surface area (Å²) in [6.45, 7) is 2.00. The van der Waals surface area contributed by atoms with Gasteiger partial charge in [-0.3, -0.25) is 9.36 Å². The summed E-state index contributed by atoms with van der Waals surface area (Å²) in [6.07, 6.45) is 2.78. The van der Waals surface area contributed by atoms with Gasteiger partial charge in [0.05, 0.1) is 13.3 Å². The van der Waals surface area contributed by atoms with E-state index in [2.05, 4.69) is 16.0 Å². The molecule has 1 aliphatic rings. The van der Waals surface area contributed by atoms with Crippen LogP contribution >= 0.6 is 7.60 Å². The summed E-state index contributed by atoms with van der Waals surface area (Å²) < 4.78 is 16.3. The summed E-state index contributed by atoms with van der Waals surface area (Å²) >= 11 is 0. The van der Waals surface area contributed by atoms with Gasteiger partial charge in [-0.05, 0) is 79.1 Å². The average molecular weight is 498 g/mol. The fourth-order valence-electron chi connectivity index (χ4n) is 3.87. The Morgan fingerprint density at radius 1 is 1.09 bits per heavy atom. The maximum atomic E-state index is 13.1. The second-order valence-electron chi connectivity index (χ2n) is 9.00. The Balaban J connectivity index is 1.40. The molecule has 9 heteroatoms. The van der Waals surface area contributed by atoms with Crippen molar-refractivity contribution in [1.82, 2.24) is 5.32 Å². The van der Waals surface area contributed by atoms with Crippen LogP contribution in [0.4, 0.5) is 11.4 Å². The molecule has 0 aliphatic heterocycles. The number of nitrogens with one attached hydrogen (secondary N) is 3. The largest absolute Gasteiger partial charge is 0.497 e. The lowest BCUT2D eigenvalue weighted by Gasteiger charge is -2.14. The second kappa shape index (κ2) is 11.2. The summed E-state index contributed by atoms with van der Waals surface area (Å²) in [5, 5.41) is 11.7. The van der Waals surface area contributed by atoms with Crippen LogP contribution in [0.2, 0.25) is 0 Å². The third-order valence-electron chi connectivity index (χ3n) is 6.05. The van der Waals surface area contributed by atoms with Gasteiger partial charge >= 0.3 is 7.60 Å². The van der Waals surface area contributed by atoms with Crippen LogP contribution in [-0.2, 0) is 11.1 Å². The molecule has 1 amide bonds. The number of anilines is 2. The number of hydrogen-bond acceptors (Lipinski definition) is 5. The van der Waals surface area contributed by atoms with E-state index in [4.69, 9.17) is 14.5 Å². The molecule has 0 spiro atoms. The predicted molar refractivity (Wildman–Crippen MR) is 139 cm³/mol. The van der Waals surface area contributed by atoms with Crippen LogP contribution < -0.4 is 20.7 Å². The Morgan fingerprint density at radius 2 is 1.86 bits per heavy atom. The maximum Gasteiger partial charge on any atom is 0.325 e. The van der Waals surface area contributed by atoms with E-state index in [1.807, 2.05) is 54.6 Å². The molecule has 1 fully saturated rings. The van der Waals surface area contributed by atoms with Crippen LogP contribution in [-0.4, -0.2) is 42.1 Å². The lowest BCUT2D eigenvalue weighted by Crippen LogP contribution is -2.16. The van der Waals surface area contributed by atoms with E-state index in [1.54, 1.807) is 7.11 Å². The van der Waals surface area contributed by atoms with Gasteiger partial charge in [0.2, 0.25) is 0 Å². The van der Waals surface area contributed by atoms with E-state index in [1.165, 1.54) is 12.8 Å². The number of benzene rings is 3. The first-order chi connectivity index (χ1) is 16.8. The minimum atomic E-state index is -3.94. The SMILES string of the molecule is COc1ccc2cc(C(=O)Nc3ccc(CNCCCP(=O)(O)O)cc3)cc(NCC3CC3)c2c1. The molecule has 0 heterocycles. The number of methoxy groups -OCH3 is 1. The zero-order chi connectivity index (χ0) is 24.8. The van der Waals surface area contributed by atoms with E-state index in [-0.39, 0.29) is 12.1 Å². The first kappa shape index (κ1) is 25.2. The molecule has 186 valence electrons. The number of amides is 1. The summed E-state index contributed by atoms with van der Waals surface area (Å²) in [5.74, 6) is 1.30. The topological polar surface area (TPSA) is 120 Å². The van der Waals surface area contributed by atoms with Gasteiger partial charge in [0.25, 0.3) is 5.91 Å². The van der Waals surface area contributed by atoms with Crippen LogP contribution in [0.25, 0.3) is 10.8 Å². The third kappa shape index (κ3) is 7.54. The molecule has 0 unspecified atom stereocenters. The van der Waals surface area contributed by atoms with Gasteiger partial charge in [0, 0.05) is 35.4 Å². The van der Waals surface area contributed by atoms with E-state index in [0.29, 0.717) is 36.7 Å². The normalized spacial score (nSPS) is 13.6. The van der Waals surface area contributed by atoms with Crippen molar-refractivity contribution < 1.29 is 23.9 Å². The van der Waals surface area contributed by atoms with Crippen molar-refractivity contribution in [3.05, 3.63) is 65.7 Å². The minimum absolute atomic E-state index is 0.120. The highest BCUT2D eigenvalue weighted by molar-refractivity contribution is 7.51. The summed E-state index contributed by atoms with van der Waals surface area (Å²) in [7, 11) is -2.29. The first-order valence-corrected chi connectivity index (χ1v) is 13.6. The van der Waals surface area contributed by atoms with Crippen molar-refractivity contribution in [1.29, 1.82) is 0 Å². The number of hydrogen-bond donors (Lipinski definition) is 5. The Labute approximate surface area is 205 Å². The second-order valence-corrected chi connectivity index (χ2v) is 10.8. The van der Waals surface area contributed by atoms with E-state index >= 15 is 0 Å². The van der Waals surface area contributed by atoms with Crippen molar-refractivity contribution in [3.63, 3.8) is 0 Å². The molecule has 0 atom stereocenters. The van der Waals surface area contributed by atoms with Gasteiger partial charge in [-0.25, -0.2) is 0 Å². The van der Waals surface area contributed by atoms with Gasteiger partial charge in [-0.2, -0.15) is 0 Å². The standard InChI is InChI=1S/C26H32N3O5P/c1-34-23-10-7-20-13-21(14-25(24(20)15-23)28-17-19-3-4-19)26(30)29-22-8-5-18(6-9-22)16-27-11-2-12-35(31,32)33/h5-10,13-15,19,27-28H,2-4,11-12,16-17H2,1H3,(H,29,30)(H2,31,32,33). The quantitative estimate of drug-likeness (QED) is 0.184. The molecule has 4 rings (SSSR count). The maximum absolute atomic E-state index is 13.1. The van der Waals surface area contributed by atoms with Crippen LogP contribution in [0.1, 0.15) is 35.2 Å². The highest BCUT2D eigenvalue weighted by Gasteiger charge is 2.21. The van der Waals surface area contributed by atoms with Crippen molar-refractivity contribution in [2.75, 3.05) is 37.0 Å². The van der Waals surface area contributed by atoms with Crippen LogP contribution in [0.5, 0.6) is 5.75 Å². The number of carbonyl (C=O) groups is 1. The summed E-state index contributed by atoms with van der Waals surface area (Å²) in [6, 6.07) is 17.2. The molecule has 3 aromatic rings.